The van der Waals surface area contributed by atoms with Crippen LogP contribution in [0.2, 0.25) is 0 Å². The average molecular weight is 348 g/mol. The molecule has 3 fully saturated rings. The summed E-state index contributed by atoms with van der Waals surface area (Å²) >= 11 is 0. The van der Waals surface area contributed by atoms with Gasteiger partial charge >= 0.3 is 6.03 Å². The number of ether oxygens (including phenoxy) is 1. The maximum atomic E-state index is 12.7. The van der Waals surface area contributed by atoms with Gasteiger partial charge < -0.3 is 19.5 Å². The molecule has 1 saturated carbocycles. The van der Waals surface area contributed by atoms with Crippen molar-refractivity contribution in [2.24, 2.45) is 11.3 Å². The van der Waals surface area contributed by atoms with Crippen LogP contribution in [0.4, 0.5) is 4.79 Å². The first kappa shape index (κ1) is 16.8. The van der Waals surface area contributed by atoms with E-state index in [1.807, 2.05) is 11.8 Å². The normalized spacial score (nSPS) is 26.4. The Morgan fingerprint density at radius 3 is 2.76 bits per heavy atom. The maximum absolute atomic E-state index is 12.7. The summed E-state index contributed by atoms with van der Waals surface area (Å²) in [6.45, 7) is 5.28. The molecule has 7 nitrogen and oxygen atoms in total. The van der Waals surface area contributed by atoms with E-state index in [0.717, 1.165) is 58.4 Å². The molecule has 3 heterocycles. The Kier molecular flexibility index (Phi) is 4.67. The molecule has 2 saturated heterocycles. The van der Waals surface area contributed by atoms with Crippen molar-refractivity contribution in [3.05, 3.63) is 11.7 Å². The fourth-order valence-electron chi connectivity index (χ4n) is 4.41. The van der Waals surface area contributed by atoms with Gasteiger partial charge in [-0.1, -0.05) is 5.16 Å². The highest BCUT2D eigenvalue weighted by molar-refractivity contribution is 5.74. The Morgan fingerprint density at radius 2 is 2.12 bits per heavy atom. The summed E-state index contributed by atoms with van der Waals surface area (Å²) < 4.78 is 10.6. The number of hydrogen-bond acceptors (Lipinski definition) is 5. The molecule has 0 aromatic carbocycles. The summed E-state index contributed by atoms with van der Waals surface area (Å²) in [6.07, 6.45) is 7.42. The van der Waals surface area contributed by atoms with Crippen molar-refractivity contribution in [1.29, 1.82) is 0 Å². The molecule has 1 aromatic heterocycles. The summed E-state index contributed by atoms with van der Waals surface area (Å²) in [5, 5.41) is 7.11. The summed E-state index contributed by atoms with van der Waals surface area (Å²) in [5.74, 6) is 1.76. The van der Waals surface area contributed by atoms with Crippen LogP contribution in [0.5, 0.6) is 0 Å². The molecular weight excluding hydrogens is 320 g/mol. The van der Waals surface area contributed by atoms with Crippen LogP contribution in [-0.4, -0.2) is 53.4 Å². The van der Waals surface area contributed by atoms with Gasteiger partial charge in [-0.25, -0.2) is 4.79 Å². The number of rotatable bonds is 3. The molecule has 1 aromatic rings. The number of carbonyl (C=O) groups excluding carboxylic acids is 1. The zero-order valence-electron chi connectivity index (χ0n) is 15.0. The minimum Gasteiger partial charge on any atom is -0.380 e. The Hall–Kier alpha value is -1.63. The first-order chi connectivity index (χ1) is 12.1. The number of aromatic nitrogens is 2. The third kappa shape index (κ3) is 3.81. The molecular formula is C18H28N4O3. The van der Waals surface area contributed by atoms with Gasteiger partial charge in [0.2, 0.25) is 5.89 Å². The summed E-state index contributed by atoms with van der Waals surface area (Å²) in [7, 11) is 0. The molecule has 2 aliphatic heterocycles. The van der Waals surface area contributed by atoms with Gasteiger partial charge in [0.05, 0.1) is 13.2 Å². The van der Waals surface area contributed by atoms with E-state index in [1.54, 1.807) is 0 Å². The molecule has 7 heteroatoms. The van der Waals surface area contributed by atoms with Crippen molar-refractivity contribution >= 4 is 6.03 Å². The van der Waals surface area contributed by atoms with Crippen molar-refractivity contribution < 1.29 is 14.1 Å². The minimum atomic E-state index is 0.0946. The highest BCUT2D eigenvalue weighted by atomic mass is 16.5. The second-order valence-corrected chi connectivity index (χ2v) is 8.11. The van der Waals surface area contributed by atoms with Crippen LogP contribution in [-0.2, 0) is 11.2 Å². The Morgan fingerprint density at radius 1 is 1.32 bits per heavy atom. The SMILES string of the molecule is Cc1noc(CC2CCCN(C(=O)NC3CCC4(CC3)COC4)C2)n1. The number of urea groups is 1. The van der Waals surface area contributed by atoms with E-state index in [4.69, 9.17) is 9.26 Å². The Balaban J connectivity index is 1.25. The monoisotopic (exact) mass is 348 g/mol. The van der Waals surface area contributed by atoms with Crippen LogP contribution in [0.15, 0.2) is 4.52 Å². The fraction of sp³-hybridized carbons (Fsp3) is 0.833. The number of nitrogens with zero attached hydrogens (tertiary/aromatic N) is 3. The quantitative estimate of drug-likeness (QED) is 0.906. The van der Waals surface area contributed by atoms with Gasteiger partial charge in [0.15, 0.2) is 5.82 Å². The summed E-state index contributed by atoms with van der Waals surface area (Å²) in [6, 6.07) is 0.412. The molecule has 1 unspecified atom stereocenters. The number of aryl methyl sites for hydroxylation is 1. The molecule has 1 N–H and O–H groups in total. The fourth-order valence-corrected chi connectivity index (χ4v) is 4.41. The molecule has 0 bridgehead atoms. The molecule has 0 radical (unpaired) electrons. The third-order valence-corrected chi connectivity index (χ3v) is 6.03. The van der Waals surface area contributed by atoms with Crippen LogP contribution in [0.3, 0.4) is 0 Å². The molecule has 3 aliphatic rings. The van der Waals surface area contributed by atoms with Crippen molar-refractivity contribution in [1.82, 2.24) is 20.4 Å². The average Bonchev–Trinajstić information content (AvgIpc) is 2.99. The topological polar surface area (TPSA) is 80.5 Å². The number of hydrogen-bond donors (Lipinski definition) is 1. The van der Waals surface area contributed by atoms with Gasteiger partial charge in [0.1, 0.15) is 0 Å². The van der Waals surface area contributed by atoms with Crippen molar-refractivity contribution in [2.75, 3.05) is 26.3 Å². The van der Waals surface area contributed by atoms with Crippen molar-refractivity contribution in [2.45, 2.75) is 57.9 Å². The van der Waals surface area contributed by atoms with Crippen LogP contribution in [0, 0.1) is 18.3 Å². The second kappa shape index (κ2) is 6.94. The van der Waals surface area contributed by atoms with Crippen LogP contribution < -0.4 is 5.32 Å². The lowest BCUT2D eigenvalue weighted by Crippen LogP contribution is -2.52. The highest BCUT2D eigenvalue weighted by Crippen LogP contribution is 2.42. The number of nitrogens with one attached hydrogen (secondary N) is 1. The molecule has 1 atom stereocenters. The zero-order chi connectivity index (χ0) is 17.3. The first-order valence-corrected chi connectivity index (χ1v) is 9.54. The van der Waals surface area contributed by atoms with E-state index in [-0.39, 0.29) is 6.03 Å². The number of carbonyl (C=O) groups is 1. The predicted octanol–water partition coefficient (Wildman–Crippen LogP) is 2.30. The largest absolute Gasteiger partial charge is 0.380 e. The lowest BCUT2D eigenvalue weighted by molar-refractivity contribution is -0.133. The van der Waals surface area contributed by atoms with Crippen LogP contribution in [0.1, 0.15) is 50.2 Å². The lowest BCUT2D eigenvalue weighted by atomic mass is 9.71. The molecule has 1 aliphatic carbocycles. The Labute approximate surface area is 148 Å². The van der Waals surface area contributed by atoms with Crippen molar-refractivity contribution in [3.63, 3.8) is 0 Å². The molecule has 25 heavy (non-hydrogen) atoms. The second-order valence-electron chi connectivity index (χ2n) is 8.11. The van der Waals surface area contributed by atoms with Gasteiger partial charge in [-0.3, -0.25) is 0 Å². The van der Waals surface area contributed by atoms with Gasteiger partial charge in [-0.15, -0.1) is 0 Å². The first-order valence-electron chi connectivity index (χ1n) is 9.54. The smallest absolute Gasteiger partial charge is 0.317 e. The van der Waals surface area contributed by atoms with E-state index in [2.05, 4.69) is 15.5 Å². The highest BCUT2D eigenvalue weighted by Gasteiger charge is 2.42. The van der Waals surface area contributed by atoms with Crippen molar-refractivity contribution in [3.8, 4) is 0 Å². The molecule has 1 spiro atoms. The lowest BCUT2D eigenvalue weighted by Gasteiger charge is -2.46. The zero-order valence-corrected chi connectivity index (χ0v) is 15.0. The number of piperidine rings is 1. The summed E-state index contributed by atoms with van der Waals surface area (Å²) in [5.41, 5.74) is 0.430. The molecule has 138 valence electrons. The third-order valence-electron chi connectivity index (χ3n) is 6.03. The van der Waals surface area contributed by atoms with E-state index in [1.165, 1.54) is 12.8 Å². The van der Waals surface area contributed by atoms with E-state index in [0.29, 0.717) is 29.1 Å². The number of likely N-dealkylation sites (tertiary alicyclic amines) is 1. The van der Waals surface area contributed by atoms with Crippen LogP contribution in [0.25, 0.3) is 0 Å². The van der Waals surface area contributed by atoms with Gasteiger partial charge in [0, 0.05) is 31.0 Å². The van der Waals surface area contributed by atoms with Gasteiger partial charge in [-0.2, -0.15) is 4.98 Å². The minimum absolute atomic E-state index is 0.0946. The van der Waals surface area contributed by atoms with E-state index in [9.17, 15) is 4.79 Å². The number of amides is 2. The van der Waals surface area contributed by atoms with Gasteiger partial charge in [0.25, 0.3) is 0 Å². The predicted molar refractivity (Wildman–Crippen MR) is 91.1 cm³/mol. The van der Waals surface area contributed by atoms with E-state index >= 15 is 0 Å². The molecule has 2 amide bonds. The van der Waals surface area contributed by atoms with Crippen LogP contribution >= 0.6 is 0 Å². The van der Waals surface area contributed by atoms with Gasteiger partial charge in [-0.05, 0) is 51.4 Å². The Bertz CT molecular complexity index is 603. The summed E-state index contributed by atoms with van der Waals surface area (Å²) in [4.78, 5) is 18.9. The maximum Gasteiger partial charge on any atom is 0.317 e. The van der Waals surface area contributed by atoms with E-state index < -0.39 is 0 Å². The standard InChI is InChI=1S/C18H28N4O3/c1-13-19-16(25-21-13)9-14-3-2-8-22(10-14)17(23)20-15-4-6-18(7-5-15)11-24-12-18/h14-15H,2-12H2,1H3,(H,20,23). The molecule has 4 rings (SSSR count).